The highest BCUT2D eigenvalue weighted by atomic mass is 79.9. The fourth-order valence-electron chi connectivity index (χ4n) is 2.89. The lowest BCUT2D eigenvalue weighted by atomic mass is 9.80. The molecule has 2 aliphatic carbocycles. The van der Waals surface area contributed by atoms with E-state index >= 15 is 0 Å². The molecule has 14 heavy (non-hydrogen) atoms. The third-order valence-corrected chi connectivity index (χ3v) is 4.30. The molecule has 0 saturated heterocycles. The first-order valence-electron chi connectivity index (χ1n) is 5.27. The van der Waals surface area contributed by atoms with Crippen molar-refractivity contribution < 1.29 is 0 Å². The molecule has 0 aromatic heterocycles. The van der Waals surface area contributed by atoms with Gasteiger partial charge in [0.15, 0.2) is 0 Å². The minimum absolute atomic E-state index is 0.358. The first-order valence-corrected chi connectivity index (χ1v) is 6.06. The number of benzene rings is 1. The van der Waals surface area contributed by atoms with Gasteiger partial charge in [0, 0.05) is 15.9 Å². The summed E-state index contributed by atoms with van der Waals surface area (Å²) in [6.45, 7) is 0. The molecule has 1 nitrogen and oxygen atoms in total. The topological polar surface area (TPSA) is 26.0 Å². The molecule has 2 heteroatoms. The largest absolute Gasteiger partial charge is 0.327 e. The summed E-state index contributed by atoms with van der Waals surface area (Å²) in [5.74, 6) is 0. The van der Waals surface area contributed by atoms with E-state index in [4.69, 9.17) is 5.73 Å². The standard InChI is InChI=1S/C12H14BrN/c13-9-4-3-8-2-1-5-12(7-11(12)14)10(8)6-9/h3-4,6,11H,1-2,5,7,14H2. The Labute approximate surface area is 92.8 Å². The zero-order valence-electron chi connectivity index (χ0n) is 8.09. The van der Waals surface area contributed by atoms with Crippen LogP contribution in [0, 0.1) is 0 Å². The predicted octanol–water partition coefficient (Wildman–Crippen LogP) is 2.75. The van der Waals surface area contributed by atoms with Crippen molar-refractivity contribution in [3.63, 3.8) is 0 Å². The van der Waals surface area contributed by atoms with Crippen LogP contribution >= 0.6 is 15.9 Å². The number of rotatable bonds is 0. The smallest absolute Gasteiger partial charge is 0.0178 e. The van der Waals surface area contributed by atoms with Crippen LogP contribution in [0.2, 0.25) is 0 Å². The minimum Gasteiger partial charge on any atom is -0.327 e. The monoisotopic (exact) mass is 251 g/mol. The van der Waals surface area contributed by atoms with Gasteiger partial charge < -0.3 is 5.73 Å². The van der Waals surface area contributed by atoms with E-state index in [9.17, 15) is 0 Å². The lowest BCUT2D eigenvalue weighted by Gasteiger charge is -2.26. The molecule has 0 radical (unpaired) electrons. The van der Waals surface area contributed by atoms with E-state index in [1.165, 1.54) is 41.3 Å². The van der Waals surface area contributed by atoms with Gasteiger partial charge in [-0.2, -0.15) is 0 Å². The summed E-state index contributed by atoms with van der Waals surface area (Å²) < 4.78 is 1.19. The summed E-state index contributed by atoms with van der Waals surface area (Å²) in [7, 11) is 0. The van der Waals surface area contributed by atoms with Gasteiger partial charge in [0.25, 0.3) is 0 Å². The van der Waals surface area contributed by atoms with Crippen LogP contribution in [0.1, 0.15) is 30.4 Å². The predicted molar refractivity (Wildman–Crippen MR) is 61.4 cm³/mol. The molecule has 3 rings (SSSR count). The average molecular weight is 252 g/mol. The molecule has 74 valence electrons. The molecule has 1 spiro atoms. The maximum atomic E-state index is 6.08. The van der Waals surface area contributed by atoms with Crippen molar-refractivity contribution in [3.05, 3.63) is 33.8 Å². The Morgan fingerprint density at radius 2 is 2.21 bits per heavy atom. The Morgan fingerprint density at radius 1 is 1.43 bits per heavy atom. The lowest BCUT2D eigenvalue weighted by molar-refractivity contribution is 0.525. The van der Waals surface area contributed by atoms with Crippen molar-refractivity contribution in [2.45, 2.75) is 37.1 Å². The van der Waals surface area contributed by atoms with E-state index in [1.807, 2.05) is 0 Å². The Kier molecular flexibility index (Phi) is 1.80. The highest BCUT2D eigenvalue weighted by Gasteiger charge is 2.54. The second kappa shape index (κ2) is 2.83. The highest BCUT2D eigenvalue weighted by molar-refractivity contribution is 9.10. The molecular formula is C12H14BrN. The molecule has 1 aromatic carbocycles. The zero-order valence-corrected chi connectivity index (χ0v) is 9.68. The van der Waals surface area contributed by atoms with Gasteiger partial charge in [0.05, 0.1) is 0 Å². The van der Waals surface area contributed by atoms with E-state index in [2.05, 4.69) is 34.1 Å². The SMILES string of the molecule is NC1CC12CCCc1ccc(Br)cc12. The van der Waals surface area contributed by atoms with Gasteiger partial charge in [0.2, 0.25) is 0 Å². The number of nitrogens with two attached hydrogens (primary N) is 1. The van der Waals surface area contributed by atoms with Crippen LogP contribution in [-0.2, 0) is 11.8 Å². The lowest BCUT2D eigenvalue weighted by Crippen LogP contribution is -2.23. The van der Waals surface area contributed by atoms with Crippen LogP contribution in [0.25, 0.3) is 0 Å². The molecule has 2 unspecified atom stereocenters. The van der Waals surface area contributed by atoms with Crippen molar-refractivity contribution in [2.24, 2.45) is 5.73 Å². The summed E-state index contributed by atoms with van der Waals surface area (Å²) in [6.07, 6.45) is 5.02. The van der Waals surface area contributed by atoms with E-state index < -0.39 is 0 Å². The minimum atomic E-state index is 0.358. The summed E-state index contributed by atoms with van der Waals surface area (Å²) in [6, 6.07) is 7.09. The second-order valence-electron chi connectivity index (χ2n) is 4.62. The summed E-state index contributed by atoms with van der Waals surface area (Å²) >= 11 is 3.55. The fraction of sp³-hybridized carbons (Fsp3) is 0.500. The van der Waals surface area contributed by atoms with Crippen LogP contribution in [-0.4, -0.2) is 6.04 Å². The molecule has 2 atom stereocenters. The molecule has 0 heterocycles. The second-order valence-corrected chi connectivity index (χ2v) is 5.54. The van der Waals surface area contributed by atoms with Crippen molar-refractivity contribution >= 4 is 15.9 Å². The van der Waals surface area contributed by atoms with Crippen LogP contribution in [0.4, 0.5) is 0 Å². The van der Waals surface area contributed by atoms with Crippen LogP contribution < -0.4 is 5.73 Å². The highest BCUT2D eigenvalue weighted by Crippen LogP contribution is 2.54. The van der Waals surface area contributed by atoms with Crippen molar-refractivity contribution in [3.8, 4) is 0 Å². The summed E-state index contributed by atoms with van der Waals surface area (Å²) in [4.78, 5) is 0. The van der Waals surface area contributed by atoms with Gasteiger partial charge in [-0.3, -0.25) is 0 Å². The molecule has 0 amide bonds. The summed E-state index contributed by atoms with van der Waals surface area (Å²) in [5.41, 5.74) is 9.48. The fourth-order valence-corrected chi connectivity index (χ4v) is 3.25. The normalized spacial score (nSPS) is 34.3. The molecule has 1 fully saturated rings. The van der Waals surface area contributed by atoms with E-state index in [-0.39, 0.29) is 0 Å². The molecule has 1 saturated carbocycles. The first-order chi connectivity index (χ1) is 6.72. The number of aryl methyl sites for hydroxylation is 1. The Balaban J connectivity index is 2.14. The molecule has 2 N–H and O–H groups in total. The number of halogens is 1. The van der Waals surface area contributed by atoms with Gasteiger partial charge in [-0.25, -0.2) is 0 Å². The average Bonchev–Trinajstić information content (AvgIpc) is 2.80. The van der Waals surface area contributed by atoms with Gasteiger partial charge in [-0.1, -0.05) is 22.0 Å². The number of fused-ring (bicyclic) bond motifs is 2. The molecule has 0 aliphatic heterocycles. The molecule has 1 aromatic rings. The summed E-state index contributed by atoms with van der Waals surface area (Å²) in [5, 5.41) is 0. The van der Waals surface area contributed by atoms with Gasteiger partial charge >= 0.3 is 0 Å². The van der Waals surface area contributed by atoms with Crippen molar-refractivity contribution in [2.75, 3.05) is 0 Å². The van der Waals surface area contributed by atoms with E-state index in [0.717, 1.165) is 0 Å². The maximum absolute atomic E-state index is 6.08. The Morgan fingerprint density at radius 3 is 2.93 bits per heavy atom. The quantitative estimate of drug-likeness (QED) is 0.754. The van der Waals surface area contributed by atoms with Crippen molar-refractivity contribution in [1.29, 1.82) is 0 Å². The Hall–Kier alpha value is -0.340. The Bertz CT molecular complexity index is 388. The van der Waals surface area contributed by atoms with Crippen LogP contribution in [0.15, 0.2) is 22.7 Å². The van der Waals surface area contributed by atoms with E-state index in [1.54, 1.807) is 0 Å². The zero-order chi connectivity index (χ0) is 9.76. The van der Waals surface area contributed by atoms with Gasteiger partial charge in [-0.05, 0) is 48.9 Å². The number of hydrogen-bond donors (Lipinski definition) is 1. The maximum Gasteiger partial charge on any atom is 0.0178 e. The van der Waals surface area contributed by atoms with Crippen LogP contribution in [0.5, 0.6) is 0 Å². The van der Waals surface area contributed by atoms with Crippen LogP contribution in [0.3, 0.4) is 0 Å². The molecule has 0 bridgehead atoms. The van der Waals surface area contributed by atoms with Gasteiger partial charge in [0.1, 0.15) is 0 Å². The van der Waals surface area contributed by atoms with Gasteiger partial charge in [-0.15, -0.1) is 0 Å². The third-order valence-electron chi connectivity index (χ3n) is 3.81. The first kappa shape index (κ1) is 8.93. The number of hydrogen-bond acceptors (Lipinski definition) is 1. The molecular weight excluding hydrogens is 238 g/mol. The molecule has 2 aliphatic rings. The third kappa shape index (κ3) is 1.10. The van der Waals surface area contributed by atoms with Crippen molar-refractivity contribution in [1.82, 2.24) is 0 Å². The van der Waals surface area contributed by atoms with E-state index in [0.29, 0.717) is 11.5 Å².